The first-order chi connectivity index (χ1) is 8.87. The van der Waals surface area contributed by atoms with E-state index in [1.807, 2.05) is 20.8 Å². The molecule has 1 unspecified atom stereocenters. The first kappa shape index (κ1) is 15.8. The van der Waals surface area contributed by atoms with Crippen LogP contribution < -0.4 is 0 Å². The summed E-state index contributed by atoms with van der Waals surface area (Å²) in [5.74, 6) is 0.0613. The van der Waals surface area contributed by atoms with Crippen LogP contribution in [0.25, 0.3) is 0 Å². The van der Waals surface area contributed by atoms with Crippen molar-refractivity contribution in [1.29, 1.82) is 0 Å². The fourth-order valence-electron chi connectivity index (χ4n) is 2.00. The van der Waals surface area contributed by atoms with Crippen LogP contribution in [0.3, 0.4) is 0 Å². The maximum absolute atomic E-state index is 12.0. The molecule has 0 radical (unpaired) electrons. The number of ether oxygens (including phenoxy) is 2. The fraction of sp³-hybridized carbons (Fsp3) is 0.846. The summed E-state index contributed by atoms with van der Waals surface area (Å²) in [7, 11) is 3.16. The summed E-state index contributed by atoms with van der Waals surface area (Å²) in [6.07, 6.45) is 0.395. The molecule has 1 saturated heterocycles. The van der Waals surface area contributed by atoms with Crippen LogP contribution in [0.1, 0.15) is 27.2 Å². The van der Waals surface area contributed by atoms with Crippen LogP contribution in [0.5, 0.6) is 0 Å². The molecule has 0 saturated carbocycles. The molecule has 110 valence electrons. The van der Waals surface area contributed by atoms with E-state index in [1.54, 1.807) is 12.0 Å². The van der Waals surface area contributed by atoms with E-state index >= 15 is 0 Å². The van der Waals surface area contributed by atoms with Gasteiger partial charge in [-0.3, -0.25) is 0 Å². The maximum Gasteiger partial charge on any atom is 0.410 e. The van der Waals surface area contributed by atoms with Crippen molar-refractivity contribution in [1.82, 2.24) is 4.90 Å². The Bertz CT molecular complexity index is 336. The van der Waals surface area contributed by atoms with Crippen molar-refractivity contribution >= 4 is 11.8 Å². The average Bonchev–Trinajstić information content (AvgIpc) is 2.29. The van der Waals surface area contributed by atoms with Crippen LogP contribution in [0.4, 0.5) is 4.79 Å². The van der Waals surface area contributed by atoms with Crippen molar-refractivity contribution in [2.24, 2.45) is 11.1 Å². The third-order valence-electron chi connectivity index (χ3n) is 2.78. The van der Waals surface area contributed by atoms with Gasteiger partial charge in [-0.15, -0.1) is 0 Å². The molecular weight excluding hydrogens is 248 g/mol. The zero-order valence-corrected chi connectivity index (χ0v) is 12.4. The van der Waals surface area contributed by atoms with Crippen molar-refractivity contribution < 1.29 is 19.1 Å². The molecule has 1 aliphatic heterocycles. The van der Waals surface area contributed by atoms with Crippen molar-refractivity contribution in [3.63, 3.8) is 0 Å². The molecule has 6 heteroatoms. The highest BCUT2D eigenvalue weighted by molar-refractivity contribution is 5.88. The van der Waals surface area contributed by atoms with Crippen LogP contribution in [0.2, 0.25) is 0 Å². The second-order valence-electron chi connectivity index (χ2n) is 5.59. The highest BCUT2D eigenvalue weighted by Crippen LogP contribution is 2.18. The number of piperidine rings is 1. The summed E-state index contributed by atoms with van der Waals surface area (Å²) in [6.45, 7) is 7.24. The minimum Gasteiger partial charge on any atom is -0.444 e. The lowest BCUT2D eigenvalue weighted by atomic mass is 9.97. The molecule has 1 aliphatic rings. The predicted molar refractivity (Wildman–Crippen MR) is 72.2 cm³/mol. The zero-order valence-electron chi connectivity index (χ0n) is 12.4. The normalized spacial score (nSPS) is 22.5. The van der Waals surface area contributed by atoms with Crippen LogP contribution in [0.15, 0.2) is 5.16 Å². The summed E-state index contributed by atoms with van der Waals surface area (Å²) in [5.41, 5.74) is 0.457. The highest BCUT2D eigenvalue weighted by atomic mass is 16.6. The van der Waals surface area contributed by atoms with Gasteiger partial charge in [-0.05, 0) is 20.8 Å². The molecule has 0 N–H and O–H groups in total. The molecule has 19 heavy (non-hydrogen) atoms. The molecule has 0 aliphatic carbocycles. The average molecular weight is 272 g/mol. The molecule has 1 heterocycles. The Kier molecular flexibility index (Phi) is 5.60. The van der Waals surface area contributed by atoms with Crippen LogP contribution >= 0.6 is 0 Å². The lowest BCUT2D eigenvalue weighted by Gasteiger charge is -2.34. The molecule has 6 nitrogen and oxygen atoms in total. The summed E-state index contributed by atoms with van der Waals surface area (Å²) in [4.78, 5) is 18.5. The van der Waals surface area contributed by atoms with Crippen LogP contribution in [0, 0.1) is 5.92 Å². The van der Waals surface area contributed by atoms with E-state index in [1.165, 1.54) is 7.11 Å². The molecular formula is C13H24N2O4. The first-order valence-electron chi connectivity index (χ1n) is 6.44. The largest absolute Gasteiger partial charge is 0.444 e. The SMILES string of the molecule is COCC1CN(C(=O)OC(C)(C)C)CC/C1=N/OC. The molecule has 0 aromatic carbocycles. The van der Waals surface area contributed by atoms with Crippen molar-refractivity contribution in [2.45, 2.75) is 32.8 Å². The third-order valence-corrected chi connectivity index (χ3v) is 2.78. The Morgan fingerprint density at radius 3 is 2.63 bits per heavy atom. The monoisotopic (exact) mass is 272 g/mol. The van der Waals surface area contributed by atoms with Gasteiger partial charge in [0.25, 0.3) is 0 Å². The summed E-state index contributed by atoms with van der Waals surface area (Å²) in [6, 6.07) is 0. The van der Waals surface area contributed by atoms with Gasteiger partial charge in [-0.25, -0.2) is 4.79 Å². The number of carbonyl (C=O) groups excluding carboxylic acids is 1. The van der Waals surface area contributed by atoms with Gasteiger partial charge in [-0.1, -0.05) is 5.16 Å². The van der Waals surface area contributed by atoms with E-state index in [4.69, 9.17) is 14.3 Å². The van der Waals surface area contributed by atoms with Gasteiger partial charge in [0.2, 0.25) is 0 Å². The van der Waals surface area contributed by atoms with Crippen molar-refractivity contribution in [3.8, 4) is 0 Å². The number of nitrogens with zero attached hydrogens (tertiary/aromatic N) is 2. The molecule has 0 spiro atoms. The zero-order chi connectivity index (χ0) is 14.5. The van der Waals surface area contributed by atoms with E-state index < -0.39 is 5.60 Å². The Labute approximate surface area is 114 Å². The summed E-state index contributed by atoms with van der Waals surface area (Å²) < 4.78 is 10.5. The Morgan fingerprint density at radius 1 is 1.42 bits per heavy atom. The van der Waals surface area contributed by atoms with E-state index in [9.17, 15) is 4.79 Å². The molecule has 1 fully saturated rings. The number of amides is 1. The molecule has 0 aromatic heterocycles. The van der Waals surface area contributed by atoms with E-state index in [0.717, 1.165) is 5.71 Å². The number of methoxy groups -OCH3 is 1. The molecule has 1 rings (SSSR count). The topological polar surface area (TPSA) is 60.4 Å². The standard InChI is InChI=1S/C13H24N2O4/c1-13(2,3)19-12(16)15-7-6-11(14-18-5)10(8-15)9-17-4/h10H,6-9H2,1-5H3/b14-11-. The van der Waals surface area contributed by atoms with Gasteiger partial charge < -0.3 is 19.2 Å². The van der Waals surface area contributed by atoms with Gasteiger partial charge in [0.15, 0.2) is 0 Å². The van der Waals surface area contributed by atoms with E-state index in [2.05, 4.69) is 5.16 Å². The number of rotatable bonds is 3. The second kappa shape index (κ2) is 6.75. The van der Waals surface area contributed by atoms with Crippen LogP contribution in [-0.4, -0.2) is 56.2 Å². The third kappa shape index (κ3) is 5.06. The maximum atomic E-state index is 12.0. The summed E-state index contributed by atoms with van der Waals surface area (Å²) >= 11 is 0. The second-order valence-corrected chi connectivity index (χ2v) is 5.59. The lowest BCUT2D eigenvalue weighted by Crippen LogP contribution is -2.47. The Hall–Kier alpha value is -1.30. The Balaban J connectivity index is 2.65. The highest BCUT2D eigenvalue weighted by Gasteiger charge is 2.31. The predicted octanol–water partition coefficient (Wildman–Crippen LogP) is 1.89. The first-order valence-corrected chi connectivity index (χ1v) is 6.44. The fourth-order valence-corrected chi connectivity index (χ4v) is 2.00. The van der Waals surface area contributed by atoms with Gasteiger partial charge >= 0.3 is 6.09 Å². The van der Waals surface area contributed by atoms with Gasteiger partial charge in [0, 0.05) is 32.5 Å². The number of hydrogen-bond donors (Lipinski definition) is 0. The van der Waals surface area contributed by atoms with Crippen LogP contribution in [-0.2, 0) is 14.3 Å². The van der Waals surface area contributed by atoms with E-state index in [-0.39, 0.29) is 12.0 Å². The van der Waals surface area contributed by atoms with Crippen molar-refractivity contribution in [2.75, 3.05) is 33.9 Å². The minimum absolute atomic E-state index is 0.0613. The number of oxime groups is 1. The molecule has 1 amide bonds. The number of carbonyl (C=O) groups is 1. The summed E-state index contributed by atoms with van der Waals surface area (Å²) in [5, 5.41) is 4.01. The van der Waals surface area contributed by atoms with Gasteiger partial charge in [0.05, 0.1) is 12.3 Å². The number of hydrogen-bond acceptors (Lipinski definition) is 5. The Morgan fingerprint density at radius 2 is 2.11 bits per heavy atom. The molecule has 0 bridgehead atoms. The lowest BCUT2D eigenvalue weighted by molar-refractivity contribution is 0.0194. The van der Waals surface area contributed by atoms with E-state index in [0.29, 0.717) is 26.1 Å². The van der Waals surface area contributed by atoms with Crippen molar-refractivity contribution in [3.05, 3.63) is 0 Å². The van der Waals surface area contributed by atoms with Gasteiger partial charge in [-0.2, -0.15) is 0 Å². The minimum atomic E-state index is -0.477. The quantitative estimate of drug-likeness (QED) is 0.736. The van der Waals surface area contributed by atoms with Gasteiger partial charge in [0.1, 0.15) is 12.7 Å². The smallest absolute Gasteiger partial charge is 0.410 e. The number of likely N-dealkylation sites (tertiary alicyclic amines) is 1. The molecule has 0 aromatic rings. The molecule has 1 atom stereocenters.